The third-order valence-electron chi connectivity index (χ3n) is 5.95. The fourth-order valence-corrected chi connectivity index (χ4v) is 4.29. The fraction of sp³-hybridized carbons (Fsp3) is 0.400. The van der Waals surface area contributed by atoms with Crippen LogP contribution in [0.3, 0.4) is 0 Å². The molecule has 1 atom stereocenters. The van der Waals surface area contributed by atoms with E-state index in [0.29, 0.717) is 12.6 Å². The van der Waals surface area contributed by atoms with Gasteiger partial charge < -0.3 is 10.6 Å². The summed E-state index contributed by atoms with van der Waals surface area (Å²) in [6, 6.07) is 17.2. The molecule has 1 saturated heterocycles. The molecule has 3 aromatic rings. The lowest BCUT2D eigenvalue weighted by molar-refractivity contribution is 0.245. The molecule has 1 unspecified atom stereocenters. The normalized spacial score (nSPS) is 15.7. The number of likely N-dealkylation sites (tertiary alicyclic amines) is 1. The van der Waals surface area contributed by atoms with Crippen molar-refractivity contribution in [2.45, 2.75) is 39.3 Å². The van der Waals surface area contributed by atoms with Crippen molar-refractivity contribution in [3.63, 3.8) is 0 Å². The molecule has 0 radical (unpaired) electrons. The predicted octanol–water partition coefficient (Wildman–Crippen LogP) is 3.39. The maximum absolute atomic E-state index is 4.59. The van der Waals surface area contributed by atoms with Crippen LogP contribution in [0.15, 0.2) is 59.7 Å². The lowest BCUT2D eigenvalue weighted by Crippen LogP contribution is -2.42. The van der Waals surface area contributed by atoms with Crippen LogP contribution in [0, 0.1) is 13.8 Å². The Morgan fingerprint density at radius 1 is 1.06 bits per heavy atom. The van der Waals surface area contributed by atoms with Crippen molar-refractivity contribution in [2.75, 3.05) is 26.7 Å². The number of guanidine groups is 1. The molecule has 7 nitrogen and oxygen atoms in total. The molecule has 0 saturated carbocycles. The van der Waals surface area contributed by atoms with Crippen LogP contribution in [0.2, 0.25) is 0 Å². The lowest BCUT2D eigenvalue weighted by Gasteiger charge is -2.29. The number of aliphatic imine (C=N–C) groups is 1. The van der Waals surface area contributed by atoms with Gasteiger partial charge in [0.1, 0.15) is 0 Å². The highest BCUT2D eigenvalue weighted by Gasteiger charge is 2.23. The maximum Gasteiger partial charge on any atom is 0.191 e. The topological polar surface area (TPSA) is 70.4 Å². The van der Waals surface area contributed by atoms with Crippen molar-refractivity contribution < 1.29 is 0 Å². The maximum atomic E-state index is 4.59. The van der Waals surface area contributed by atoms with Crippen molar-refractivity contribution in [1.29, 1.82) is 0 Å². The largest absolute Gasteiger partial charge is 0.354 e. The van der Waals surface area contributed by atoms with Gasteiger partial charge in [0.05, 0.1) is 11.7 Å². The first kappa shape index (κ1) is 22.0. The zero-order chi connectivity index (χ0) is 22.3. The fourth-order valence-electron chi connectivity index (χ4n) is 4.29. The summed E-state index contributed by atoms with van der Waals surface area (Å²) >= 11 is 0. The van der Waals surface area contributed by atoms with Gasteiger partial charge in [-0.15, -0.1) is 0 Å². The highest BCUT2D eigenvalue weighted by molar-refractivity contribution is 5.79. The zero-order valence-electron chi connectivity index (χ0n) is 19.3. The quantitative estimate of drug-likeness (QED) is 0.443. The van der Waals surface area contributed by atoms with Gasteiger partial charge >= 0.3 is 0 Å². The molecule has 2 N–H and O–H groups in total. The van der Waals surface area contributed by atoms with Gasteiger partial charge in [0.2, 0.25) is 0 Å². The van der Waals surface area contributed by atoms with E-state index >= 15 is 0 Å². The van der Waals surface area contributed by atoms with E-state index in [0.717, 1.165) is 48.4 Å². The summed E-state index contributed by atoms with van der Waals surface area (Å²) in [7, 11) is 1.81. The van der Waals surface area contributed by atoms with Crippen molar-refractivity contribution in [1.82, 2.24) is 30.3 Å². The van der Waals surface area contributed by atoms with Gasteiger partial charge in [0.15, 0.2) is 11.8 Å². The molecule has 0 spiro atoms. The van der Waals surface area contributed by atoms with Gasteiger partial charge in [-0.2, -0.15) is 5.10 Å². The molecule has 0 amide bonds. The number of hydrogen-bond acceptors (Lipinski definition) is 4. The smallest absolute Gasteiger partial charge is 0.191 e. The van der Waals surface area contributed by atoms with E-state index in [-0.39, 0.29) is 0 Å². The van der Waals surface area contributed by atoms with Crippen LogP contribution in [0.5, 0.6) is 0 Å². The third kappa shape index (κ3) is 5.34. The Morgan fingerprint density at radius 3 is 2.47 bits per heavy atom. The summed E-state index contributed by atoms with van der Waals surface area (Å²) in [5, 5.41) is 11.4. The molecule has 1 aliphatic heterocycles. The van der Waals surface area contributed by atoms with E-state index in [1.807, 2.05) is 37.8 Å². The number of rotatable bonds is 7. The Kier molecular flexibility index (Phi) is 7.17. The SMILES string of the molecule is CN=C(NCc1ccc(-n2nc(C)cc2C)nc1)NCC(c1ccccc1)N1CCCC1. The number of nitrogens with one attached hydrogen (secondary N) is 2. The van der Waals surface area contributed by atoms with Gasteiger partial charge in [-0.05, 0) is 63.0 Å². The van der Waals surface area contributed by atoms with Gasteiger partial charge in [-0.1, -0.05) is 36.4 Å². The molecular formula is C25H33N7. The van der Waals surface area contributed by atoms with E-state index in [4.69, 9.17) is 0 Å². The number of pyridine rings is 1. The van der Waals surface area contributed by atoms with Crippen LogP contribution in [-0.4, -0.2) is 52.3 Å². The average Bonchev–Trinajstić information content (AvgIpc) is 3.46. The van der Waals surface area contributed by atoms with Gasteiger partial charge in [0.25, 0.3) is 0 Å². The first-order chi connectivity index (χ1) is 15.6. The van der Waals surface area contributed by atoms with E-state index in [2.05, 4.69) is 73.1 Å². The number of nitrogens with zero attached hydrogens (tertiary/aromatic N) is 5. The van der Waals surface area contributed by atoms with Crippen LogP contribution in [0.1, 0.15) is 41.4 Å². The number of aromatic nitrogens is 3. The van der Waals surface area contributed by atoms with Gasteiger partial charge in [0, 0.05) is 32.0 Å². The minimum absolute atomic E-state index is 0.346. The van der Waals surface area contributed by atoms with Crippen molar-refractivity contribution >= 4 is 5.96 Å². The van der Waals surface area contributed by atoms with Crippen LogP contribution in [0.4, 0.5) is 0 Å². The minimum Gasteiger partial charge on any atom is -0.354 e. The lowest BCUT2D eigenvalue weighted by atomic mass is 10.1. The van der Waals surface area contributed by atoms with Crippen LogP contribution >= 0.6 is 0 Å². The average molecular weight is 432 g/mol. The predicted molar refractivity (Wildman–Crippen MR) is 129 cm³/mol. The second-order valence-corrected chi connectivity index (χ2v) is 8.34. The number of hydrogen-bond donors (Lipinski definition) is 2. The van der Waals surface area contributed by atoms with E-state index in [9.17, 15) is 0 Å². The van der Waals surface area contributed by atoms with Crippen molar-refractivity contribution in [3.8, 4) is 5.82 Å². The van der Waals surface area contributed by atoms with Crippen LogP contribution in [0.25, 0.3) is 5.82 Å². The molecule has 1 fully saturated rings. The second kappa shape index (κ2) is 10.4. The Bertz CT molecular complexity index is 1020. The summed E-state index contributed by atoms with van der Waals surface area (Å²) in [4.78, 5) is 11.6. The number of benzene rings is 1. The highest BCUT2D eigenvalue weighted by Crippen LogP contribution is 2.24. The van der Waals surface area contributed by atoms with Crippen molar-refractivity contribution in [2.24, 2.45) is 4.99 Å². The number of aryl methyl sites for hydroxylation is 2. The summed E-state index contributed by atoms with van der Waals surface area (Å²) in [5.74, 6) is 1.63. The monoisotopic (exact) mass is 431 g/mol. The van der Waals surface area contributed by atoms with Gasteiger partial charge in [-0.25, -0.2) is 9.67 Å². The molecule has 1 aromatic carbocycles. The zero-order valence-corrected chi connectivity index (χ0v) is 19.3. The summed E-state index contributed by atoms with van der Waals surface area (Å²) in [5.41, 5.74) is 4.52. The van der Waals surface area contributed by atoms with Crippen molar-refractivity contribution in [3.05, 3.63) is 77.2 Å². The molecule has 32 heavy (non-hydrogen) atoms. The molecule has 2 aromatic heterocycles. The van der Waals surface area contributed by atoms with Crippen LogP contribution < -0.4 is 10.6 Å². The van der Waals surface area contributed by atoms with Crippen LogP contribution in [-0.2, 0) is 6.54 Å². The molecule has 168 valence electrons. The third-order valence-corrected chi connectivity index (χ3v) is 5.95. The molecule has 4 rings (SSSR count). The van der Waals surface area contributed by atoms with E-state index in [1.165, 1.54) is 18.4 Å². The highest BCUT2D eigenvalue weighted by atomic mass is 15.3. The summed E-state index contributed by atoms with van der Waals surface area (Å²) in [6.07, 6.45) is 4.44. The van der Waals surface area contributed by atoms with Gasteiger partial charge in [-0.3, -0.25) is 9.89 Å². The minimum atomic E-state index is 0.346. The Labute approximate surface area is 190 Å². The molecular weight excluding hydrogens is 398 g/mol. The Morgan fingerprint density at radius 2 is 1.84 bits per heavy atom. The first-order valence-electron chi connectivity index (χ1n) is 11.4. The Balaban J connectivity index is 1.34. The van der Waals surface area contributed by atoms with E-state index < -0.39 is 0 Å². The second-order valence-electron chi connectivity index (χ2n) is 8.34. The first-order valence-corrected chi connectivity index (χ1v) is 11.4. The molecule has 1 aliphatic rings. The standard InChI is InChI=1S/C25H33N7/c1-19-15-20(2)32(30-19)24-12-11-21(16-27-24)17-28-25(26-3)29-18-23(31-13-7-8-14-31)22-9-5-4-6-10-22/h4-6,9-12,15-16,23H,7-8,13-14,17-18H2,1-3H3,(H2,26,28,29). The molecule has 0 bridgehead atoms. The summed E-state index contributed by atoms with van der Waals surface area (Å²) in [6.45, 7) is 7.81. The molecule has 0 aliphatic carbocycles. The van der Waals surface area contributed by atoms with E-state index in [1.54, 1.807) is 0 Å². The Hall–Kier alpha value is -3.19. The molecule has 3 heterocycles. The summed E-state index contributed by atoms with van der Waals surface area (Å²) < 4.78 is 1.87. The molecule has 7 heteroatoms.